The number of hydrogen-bond donors (Lipinski definition) is 1. The van der Waals surface area contributed by atoms with Gasteiger partial charge in [0.05, 0.1) is 0 Å². The molecule has 1 amide bonds. The maximum Gasteiger partial charge on any atom is 0.415 e. The van der Waals surface area contributed by atoms with Crippen molar-refractivity contribution in [3.05, 3.63) is 69.6 Å². The van der Waals surface area contributed by atoms with Gasteiger partial charge in [-0.2, -0.15) is 0 Å². The molecule has 1 fully saturated rings. The van der Waals surface area contributed by atoms with Gasteiger partial charge in [-0.3, -0.25) is 4.72 Å². The second kappa shape index (κ2) is 9.76. The molecule has 1 aliphatic heterocycles. The zero-order valence-corrected chi connectivity index (χ0v) is 19.7. The molecule has 1 saturated heterocycles. The van der Waals surface area contributed by atoms with Crippen molar-refractivity contribution in [1.82, 2.24) is 9.21 Å². The number of nitrogens with zero attached hydrogens (tertiary/aromatic N) is 2. The van der Waals surface area contributed by atoms with Crippen molar-refractivity contribution in [3.63, 3.8) is 0 Å². The van der Waals surface area contributed by atoms with Gasteiger partial charge in [-0.05, 0) is 55.2 Å². The fraction of sp³-hybridized carbons (Fsp3) is 0.333. The lowest BCUT2D eigenvalue weighted by atomic mass is 9.99. The van der Waals surface area contributed by atoms with E-state index in [1.165, 1.54) is 0 Å². The Balaban J connectivity index is 1.57. The van der Waals surface area contributed by atoms with Crippen molar-refractivity contribution >= 4 is 33.9 Å². The topological polar surface area (TPSA) is 92.1 Å². The van der Waals surface area contributed by atoms with Gasteiger partial charge in [-0.25, -0.2) is 18.1 Å². The number of carbonyl (C=O) groups is 1. The summed E-state index contributed by atoms with van der Waals surface area (Å²) < 4.78 is 27.6. The molecule has 0 radical (unpaired) electrons. The summed E-state index contributed by atoms with van der Waals surface area (Å²) in [6.45, 7) is 3.28. The van der Waals surface area contributed by atoms with Crippen molar-refractivity contribution in [2.24, 2.45) is 0 Å². The van der Waals surface area contributed by atoms with E-state index >= 15 is 0 Å². The molecule has 1 unspecified atom stereocenters. The molecular formula is C24H27N3O5S. The SMILES string of the molecule is Cc1c(Cc2cccc(NS(=O)N(C)C)c2)c(=O)oc2cc(OC(=O)N3CCCC3)ccc12. The maximum atomic E-state index is 12.8. The van der Waals surface area contributed by atoms with Crippen LogP contribution in [0.2, 0.25) is 0 Å². The minimum atomic E-state index is -1.35. The summed E-state index contributed by atoms with van der Waals surface area (Å²) in [5, 5.41) is 0.786. The van der Waals surface area contributed by atoms with E-state index in [2.05, 4.69) is 4.72 Å². The van der Waals surface area contributed by atoms with Gasteiger partial charge in [0, 0.05) is 56.3 Å². The highest BCUT2D eigenvalue weighted by Crippen LogP contribution is 2.26. The summed E-state index contributed by atoms with van der Waals surface area (Å²) in [5.41, 5.74) is 2.90. The summed E-state index contributed by atoms with van der Waals surface area (Å²) in [4.78, 5) is 26.7. The lowest BCUT2D eigenvalue weighted by molar-refractivity contribution is 0.163. The first kappa shape index (κ1) is 23.0. The van der Waals surface area contributed by atoms with Gasteiger partial charge in [-0.15, -0.1) is 0 Å². The molecule has 8 nitrogen and oxygen atoms in total. The first-order valence-corrected chi connectivity index (χ1v) is 11.9. The molecule has 0 bridgehead atoms. The largest absolute Gasteiger partial charge is 0.422 e. The van der Waals surface area contributed by atoms with Crippen molar-refractivity contribution in [2.75, 3.05) is 31.9 Å². The minimum absolute atomic E-state index is 0.349. The van der Waals surface area contributed by atoms with Gasteiger partial charge >= 0.3 is 11.7 Å². The first-order chi connectivity index (χ1) is 15.8. The Kier molecular flexibility index (Phi) is 6.80. The highest BCUT2D eigenvalue weighted by molar-refractivity contribution is 7.83. The molecule has 0 spiro atoms. The van der Waals surface area contributed by atoms with Crippen molar-refractivity contribution in [1.29, 1.82) is 0 Å². The molecule has 33 heavy (non-hydrogen) atoms. The van der Waals surface area contributed by atoms with Gasteiger partial charge < -0.3 is 14.1 Å². The average molecular weight is 470 g/mol. The Morgan fingerprint density at radius 1 is 1.18 bits per heavy atom. The van der Waals surface area contributed by atoms with Gasteiger partial charge in [0.15, 0.2) is 11.2 Å². The summed E-state index contributed by atoms with van der Waals surface area (Å²) in [6.07, 6.45) is 1.96. The van der Waals surface area contributed by atoms with Crippen LogP contribution in [0.4, 0.5) is 10.5 Å². The molecule has 1 atom stereocenters. The Morgan fingerprint density at radius 2 is 1.94 bits per heavy atom. The van der Waals surface area contributed by atoms with E-state index < -0.39 is 16.8 Å². The molecule has 3 aromatic rings. The molecule has 174 valence electrons. The number of aryl methyl sites for hydroxylation is 1. The molecular weight excluding hydrogens is 442 g/mol. The smallest absolute Gasteiger partial charge is 0.415 e. The van der Waals surface area contributed by atoms with E-state index in [0.29, 0.717) is 42.1 Å². The zero-order chi connectivity index (χ0) is 23.5. The minimum Gasteiger partial charge on any atom is -0.422 e. The highest BCUT2D eigenvalue weighted by Gasteiger charge is 2.20. The third-order valence-electron chi connectivity index (χ3n) is 5.67. The molecule has 0 saturated carbocycles. The molecule has 4 rings (SSSR count). The van der Waals surface area contributed by atoms with Crippen LogP contribution >= 0.6 is 0 Å². The number of hydrogen-bond acceptors (Lipinski definition) is 5. The number of benzene rings is 2. The van der Waals surface area contributed by atoms with Crippen LogP contribution in [-0.4, -0.2) is 46.7 Å². The van der Waals surface area contributed by atoms with E-state index in [4.69, 9.17) is 9.15 Å². The van der Waals surface area contributed by atoms with E-state index in [9.17, 15) is 13.8 Å². The van der Waals surface area contributed by atoms with Crippen molar-refractivity contribution in [3.8, 4) is 5.75 Å². The van der Waals surface area contributed by atoms with Gasteiger partial charge in [0.2, 0.25) is 0 Å². The third-order valence-corrected chi connectivity index (χ3v) is 6.75. The summed E-state index contributed by atoms with van der Waals surface area (Å²) in [6, 6.07) is 12.6. The molecule has 2 heterocycles. The Bertz CT molecular complexity index is 1260. The molecule has 2 aromatic carbocycles. The van der Waals surface area contributed by atoms with Crippen LogP contribution in [0, 0.1) is 6.92 Å². The monoisotopic (exact) mass is 469 g/mol. The number of rotatable bonds is 6. The number of ether oxygens (including phenoxy) is 1. The standard InChI is InChI=1S/C24H27N3O5S/c1-16-20-10-9-19(31-24(29)27-11-4-5-12-27)15-22(20)32-23(28)21(16)14-17-7-6-8-18(13-17)25-33(30)26(2)3/h6-10,13,15,25H,4-5,11-12,14H2,1-3H3. The van der Waals surface area contributed by atoms with Crippen LogP contribution in [0.5, 0.6) is 5.75 Å². The van der Waals surface area contributed by atoms with Crippen molar-refractivity contribution < 1.29 is 18.2 Å². The van der Waals surface area contributed by atoms with Crippen LogP contribution in [0.1, 0.15) is 29.5 Å². The summed E-state index contributed by atoms with van der Waals surface area (Å²) >= 11 is -1.35. The van der Waals surface area contributed by atoms with Gasteiger partial charge in [0.1, 0.15) is 11.3 Å². The van der Waals surface area contributed by atoms with Gasteiger partial charge in [0.25, 0.3) is 0 Å². The average Bonchev–Trinajstić information content (AvgIpc) is 3.32. The molecule has 1 aliphatic rings. The van der Waals surface area contributed by atoms with Crippen LogP contribution in [0.3, 0.4) is 0 Å². The number of amides is 1. The second-order valence-electron chi connectivity index (χ2n) is 8.25. The lowest BCUT2D eigenvalue weighted by Crippen LogP contribution is -2.30. The summed E-state index contributed by atoms with van der Waals surface area (Å²) in [5.74, 6) is 0.349. The van der Waals surface area contributed by atoms with Gasteiger partial charge in [-0.1, -0.05) is 12.1 Å². The Hall–Kier alpha value is -3.17. The van der Waals surface area contributed by atoms with E-state index in [0.717, 1.165) is 29.4 Å². The maximum absolute atomic E-state index is 12.8. The molecule has 1 aromatic heterocycles. The van der Waals surface area contributed by atoms with E-state index in [1.807, 2.05) is 37.3 Å². The van der Waals surface area contributed by atoms with Crippen LogP contribution in [0.25, 0.3) is 11.0 Å². The number of fused-ring (bicyclic) bond motifs is 1. The molecule has 9 heteroatoms. The number of anilines is 1. The fourth-order valence-corrected chi connectivity index (χ4v) is 4.36. The fourth-order valence-electron chi connectivity index (χ4n) is 3.85. The number of nitrogens with one attached hydrogen (secondary N) is 1. The van der Waals surface area contributed by atoms with Crippen molar-refractivity contribution in [2.45, 2.75) is 26.2 Å². The van der Waals surface area contributed by atoms with Crippen LogP contribution in [0.15, 0.2) is 51.7 Å². The quantitative estimate of drug-likeness (QED) is 0.554. The second-order valence-corrected chi connectivity index (χ2v) is 9.69. The zero-order valence-electron chi connectivity index (χ0n) is 18.9. The van der Waals surface area contributed by atoms with E-state index in [-0.39, 0.29) is 6.09 Å². The lowest BCUT2D eigenvalue weighted by Gasteiger charge is -2.15. The Morgan fingerprint density at radius 3 is 2.67 bits per heavy atom. The number of carbonyl (C=O) groups excluding carboxylic acids is 1. The first-order valence-electron chi connectivity index (χ1n) is 10.8. The Labute approximate surface area is 194 Å². The summed E-state index contributed by atoms with van der Waals surface area (Å²) in [7, 11) is 3.44. The third kappa shape index (κ3) is 5.26. The number of likely N-dealkylation sites (tertiary alicyclic amines) is 1. The predicted molar refractivity (Wildman–Crippen MR) is 129 cm³/mol. The normalized spacial score (nSPS) is 14.6. The van der Waals surface area contributed by atoms with E-state index in [1.54, 1.807) is 35.4 Å². The predicted octanol–water partition coefficient (Wildman–Crippen LogP) is 3.84. The molecule has 0 aliphatic carbocycles. The molecule has 1 N–H and O–H groups in total. The highest BCUT2D eigenvalue weighted by atomic mass is 32.2. The van der Waals surface area contributed by atoms with Crippen LogP contribution in [-0.2, 0) is 17.6 Å². The van der Waals surface area contributed by atoms with Crippen LogP contribution < -0.4 is 15.1 Å².